The van der Waals surface area contributed by atoms with Crippen LogP contribution < -0.4 is 0 Å². The minimum atomic E-state index is -0.149. The van der Waals surface area contributed by atoms with E-state index in [1.54, 1.807) is 28.1 Å². The fraction of sp³-hybridized carbons (Fsp3) is 0.294. The van der Waals surface area contributed by atoms with Crippen molar-refractivity contribution in [2.24, 2.45) is 0 Å². The average Bonchev–Trinajstić information content (AvgIpc) is 3.47. The van der Waals surface area contributed by atoms with E-state index in [4.69, 9.17) is 8.83 Å². The highest BCUT2D eigenvalue weighted by molar-refractivity contribution is 7.99. The number of furan rings is 1. The molecule has 1 fully saturated rings. The molecule has 0 spiro atoms. The van der Waals surface area contributed by atoms with Crippen molar-refractivity contribution >= 4 is 23.6 Å². The molecule has 1 aliphatic heterocycles. The Morgan fingerprint density at radius 3 is 2.63 bits per heavy atom. The molecule has 0 aromatic carbocycles. The first-order valence-electron chi connectivity index (χ1n) is 8.41. The molecule has 1 N–H and O–H groups in total. The molecule has 0 bridgehead atoms. The predicted molar refractivity (Wildman–Crippen MR) is 96.0 cm³/mol. The molecular weight excluding hydrogens is 370 g/mol. The third-order valence-corrected chi connectivity index (χ3v) is 5.01. The van der Waals surface area contributed by atoms with E-state index in [2.05, 4.69) is 15.2 Å². The molecule has 0 aliphatic carbocycles. The highest BCUT2D eigenvalue weighted by Crippen LogP contribution is 2.22. The molecule has 0 radical (unpaired) electrons. The van der Waals surface area contributed by atoms with Gasteiger partial charge in [-0.25, -0.2) is 0 Å². The summed E-state index contributed by atoms with van der Waals surface area (Å²) < 4.78 is 10.7. The number of rotatable bonds is 5. The smallest absolute Gasteiger partial charge is 0.289 e. The summed E-state index contributed by atoms with van der Waals surface area (Å²) in [6.07, 6.45) is 3.25. The molecule has 0 unspecified atom stereocenters. The van der Waals surface area contributed by atoms with Gasteiger partial charge in [0.2, 0.25) is 5.91 Å². The van der Waals surface area contributed by atoms with Crippen molar-refractivity contribution in [2.75, 3.05) is 31.9 Å². The van der Waals surface area contributed by atoms with Crippen LogP contribution >= 0.6 is 11.8 Å². The van der Waals surface area contributed by atoms with Gasteiger partial charge in [-0.15, -0.1) is 10.2 Å². The number of H-pyrrole nitrogens is 1. The van der Waals surface area contributed by atoms with Gasteiger partial charge >= 0.3 is 0 Å². The number of nitrogens with one attached hydrogen (secondary N) is 1. The van der Waals surface area contributed by atoms with Crippen molar-refractivity contribution in [3.05, 3.63) is 42.5 Å². The second-order valence-electron chi connectivity index (χ2n) is 5.90. The van der Waals surface area contributed by atoms with Crippen LogP contribution in [0.25, 0.3) is 11.6 Å². The first-order chi connectivity index (χ1) is 13.2. The molecule has 4 heterocycles. The third-order valence-electron chi connectivity index (χ3n) is 4.21. The van der Waals surface area contributed by atoms with Gasteiger partial charge in [-0.2, -0.15) is 0 Å². The molecule has 1 aliphatic rings. The first-order valence-corrected chi connectivity index (χ1v) is 9.40. The predicted octanol–water partition coefficient (Wildman–Crippen LogP) is 1.73. The molecule has 9 nitrogen and oxygen atoms in total. The topological polar surface area (TPSA) is 108 Å². The van der Waals surface area contributed by atoms with Crippen LogP contribution in [-0.2, 0) is 4.79 Å². The summed E-state index contributed by atoms with van der Waals surface area (Å²) in [7, 11) is 0. The van der Waals surface area contributed by atoms with E-state index in [0.717, 1.165) is 5.69 Å². The van der Waals surface area contributed by atoms with E-state index in [0.29, 0.717) is 43.1 Å². The standard InChI is InChI=1S/C17H17N5O4S/c23-14(11-27-17-20-19-15(26-17)12-3-1-5-18-12)21-6-8-22(9-7-21)16(24)13-4-2-10-25-13/h1-5,10,18H,6-9,11H2. The Hall–Kier alpha value is -3.01. The number of aromatic nitrogens is 3. The van der Waals surface area contributed by atoms with E-state index in [9.17, 15) is 9.59 Å². The molecule has 1 saturated heterocycles. The Balaban J connectivity index is 1.26. The van der Waals surface area contributed by atoms with Crippen molar-refractivity contribution in [3.8, 4) is 11.6 Å². The molecular formula is C17H17N5O4S. The molecule has 140 valence electrons. The van der Waals surface area contributed by atoms with Gasteiger partial charge in [-0.05, 0) is 24.3 Å². The van der Waals surface area contributed by atoms with Gasteiger partial charge in [0.1, 0.15) is 5.69 Å². The second-order valence-corrected chi connectivity index (χ2v) is 6.82. The number of carbonyl (C=O) groups excluding carboxylic acids is 2. The number of hydrogen-bond acceptors (Lipinski definition) is 7. The van der Waals surface area contributed by atoms with Crippen molar-refractivity contribution in [1.82, 2.24) is 25.0 Å². The zero-order valence-electron chi connectivity index (χ0n) is 14.3. The van der Waals surface area contributed by atoms with Crippen LogP contribution in [-0.4, -0.2) is 68.7 Å². The van der Waals surface area contributed by atoms with Gasteiger partial charge in [-0.3, -0.25) is 9.59 Å². The van der Waals surface area contributed by atoms with Gasteiger partial charge in [0.15, 0.2) is 5.76 Å². The highest BCUT2D eigenvalue weighted by Gasteiger charge is 2.26. The number of nitrogens with zero attached hydrogens (tertiary/aromatic N) is 4. The maximum atomic E-state index is 12.4. The molecule has 3 aromatic heterocycles. The SMILES string of the molecule is O=C(CSc1nnc(-c2ccc[nH]2)o1)N1CCN(C(=O)c2ccco2)CC1. The van der Waals surface area contributed by atoms with E-state index < -0.39 is 0 Å². The Morgan fingerprint density at radius 1 is 1.11 bits per heavy atom. The van der Waals surface area contributed by atoms with Crippen LogP contribution in [0.3, 0.4) is 0 Å². The Labute approximate surface area is 158 Å². The first kappa shape index (κ1) is 17.4. The lowest BCUT2D eigenvalue weighted by Crippen LogP contribution is -2.51. The zero-order valence-corrected chi connectivity index (χ0v) is 15.1. The number of aromatic amines is 1. The largest absolute Gasteiger partial charge is 0.459 e. The summed E-state index contributed by atoms with van der Waals surface area (Å²) >= 11 is 1.20. The maximum Gasteiger partial charge on any atom is 0.289 e. The lowest BCUT2D eigenvalue weighted by molar-refractivity contribution is -0.129. The van der Waals surface area contributed by atoms with Crippen molar-refractivity contribution in [3.63, 3.8) is 0 Å². The van der Waals surface area contributed by atoms with Gasteiger partial charge < -0.3 is 23.6 Å². The average molecular weight is 387 g/mol. The van der Waals surface area contributed by atoms with Crippen LogP contribution in [0.2, 0.25) is 0 Å². The molecule has 2 amide bonds. The zero-order chi connectivity index (χ0) is 18.6. The Morgan fingerprint density at radius 2 is 1.93 bits per heavy atom. The molecule has 3 aromatic rings. The fourth-order valence-corrected chi connectivity index (χ4v) is 3.44. The highest BCUT2D eigenvalue weighted by atomic mass is 32.2. The van der Waals surface area contributed by atoms with Gasteiger partial charge in [0, 0.05) is 32.4 Å². The van der Waals surface area contributed by atoms with Crippen LogP contribution in [0, 0.1) is 0 Å². The van der Waals surface area contributed by atoms with Crippen LogP contribution in [0.1, 0.15) is 10.6 Å². The minimum absolute atomic E-state index is 0.0234. The van der Waals surface area contributed by atoms with E-state index >= 15 is 0 Å². The quantitative estimate of drug-likeness (QED) is 0.664. The summed E-state index contributed by atoms with van der Waals surface area (Å²) in [6, 6.07) is 6.99. The van der Waals surface area contributed by atoms with E-state index in [1.807, 2.05) is 12.1 Å². The van der Waals surface area contributed by atoms with Gasteiger partial charge in [0.05, 0.1) is 12.0 Å². The molecule has 0 saturated carbocycles. The lowest BCUT2D eigenvalue weighted by atomic mass is 10.3. The minimum Gasteiger partial charge on any atom is -0.459 e. The Bertz CT molecular complexity index is 898. The van der Waals surface area contributed by atoms with Gasteiger partial charge in [0.25, 0.3) is 17.0 Å². The van der Waals surface area contributed by atoms with Crippen molar-refractivity contribution < 1.29 is 18.4 Å². The summed E-state index contributed by atoms with van der Waals surface area (Å²) in [5.74, 6) is 0.742. The summed E-state index contributed by atoms with van der Waals surface area (Å²) in [5.41, 5.74) is 0.734. The number of hydrogen-bond donors (Lipinski definition) is 1. The summed E-state index contributed by atoms with van der Waals surface area (Å²) in [4.78, 5) is 31.1. The second kappa shape index (κ2) is 7.70. The number of carbonyl (C=O) groups is 2. The molecule has 0 atom stereocenters. The number of piperazine rings is 1. The monoisotopic (exact) mass is 387 g/mol. The summed E-state index contributed by atoms with van der Waals surface area (Å²) in [5, 5.41) is 8.25. The van der Waals surface area contributed by atoms with E-state index in [-0.39, 0.29) is 17.6 Å². The molecule has 10 heteroatoms. The van der Waals surface area contributed by atoms with E-state index in [1.165, 1.54) is 18.0 Å². The van der Waals surface area contributed by atoms with Gasteiger partial charge in [-0.1, -0.05) is 11.8 Å². The van der Waals surface area contributed by atoms with Crippen molar-refractivity contribution in [2.45, 2.75) is 5.22 Å². The number of thioether (sulfide) groups is 1. The molecule has 27 heavy (non-hydrogen) atoms. The Kier molecular flexibility index (Phi) is 4.97. The van der Waals surface area contributed by atoms with Crippen molar-refractivity contribution in [1.29, 1.82) is 0 Å². The fourth-order valence-electron chi connectivity index (χ4n) is 2.77. The normalized spacial score (nSPS) is 14.5. The summed E-state index contributed by atoms with van der Waals surface area (Å²) in [6.45, 7) is 1.94. The van der Waals surface area contributed by atoms with Crippen LogP contribution in [0.15, 0.2) is 50.8 Å². The van der Waals surface area contributed by atoms with Crippen LogP contribution in [0.5, 0.6) is 0 Å². The lowest BCUT2D eigenvalue weighted by Gasteiger charge is -2.34. The van der Waals surface area contributed by atoms with Crippen LogP contribution in [0.4, 0.5) is 0 Å². The number of amides is 2. The third kappa shape index (κ3) is 3.90. The maximum absolute atomic E-state index is 12.4. The molecule has 4 rings (SSSR count).